The molecule has 1 aliphatic rings. The predicted octanol–water partition coefficient (Wildman–Crippen LogP) is 6.32. The number of hydrogen-bond acceptors (Lipinski definition) is 4. The van der Waals surface area contributed by atoms with Gasteiger partial charge in [0.25, 0.3) is 0 Å². The molecular weight excluding hydrogens is 458 g/mol. The van der Waals surface area contributed by atoms with Crippen molar-refractivity contribution in [2.24, 2.45) is 0 Å². The van der Waals surface area contributed by atoms with Crippen molar-refractivity contribution in [3.8, 4) is 11.5 Å². The van der Waals surface area contributed by atoms with Crippen LogP contribution in [0.3, 0.4) is 0 Å². The number of nitrogens with zero attached hydrogens (tertiary/aromatic N) is 1. The molecule has 6 heteroatoms. The first kappa shape index (κ1) is 25.0. The summed E-state index contributed by atoms with van der Waals surface area (Å²) in [5.74, 6) is 0.962. The smallest absolute Gasteiger partial charge is 0.242 e. The quantitative estimate of drug-likeness (QED) is 0.295. The Balaban J connectivity index is 1.56. The number of para-hydroxylation sites is 1. The lowest BCUT2D eigenvalue weighted by molar-refractivity contribution is -0.130. The molecule has 1 aliphatic heterocycles. The molecule has 1 saturated heterocycles. The summed E-state index contributed by atoms with van der Waals surface area (Å²) in [6.45, 7) is 2.43. The van der Waals surface area contributed by atoms with E-state index in [0.717, 1.165) is 25.7 Å². The average Bonchev–Trinajstić information content (AvgIpc) is 3.06. The number of rotatable bonds is 11. The minimum atomic E-state index is -3.71. The zero-order valence-corrected chi connectivity index (χ0v) is 21.0. The molecule has 1 amide bonds. The summed E-state index contributed by atoms with van der Waals surface area (Å²) >= 11 is 0. The van der Waals surface area contributed by atoms with E-state index >= 15 is 0 Å². The lowest BCUT2D eigenvalue weighted by atomic mass is 10.1. The molecule has 0 saturated carbocycles. The standard InChI is InChI=1S/C29H33NO4S/c1-2-3-20-27-28(31)30(21-11-10-15-23-13-6-4-7-14-23)29(35(27,32)33)24-16-12-19-26(22-24)34-25-17-8-5-9-18-25/h4-9,12-14,16-19,22,27,29H,2-3,10-11,15,20-21H2,1H3. The third-order valence-electron chi connectivity index (χ3n) is 6.45. The van der Waals surface area contributed by atoms with Crippen LogP contribution in [0, 0.1) is 0 Å². The number of carbonyl (C=O) groups excluding carboxylic acids is 1. The summed E-state index contributed by atoms with van der Waals surface area (Å²) in [5, 5.41) is -1.95. The first-order chi connectivity index (χ1) is 17.0. The highest BCUT2D eigenvalue weighted by Gasteiger charge is 2.52. The molecule has 0 spiro atoms. The zero-order valence-electron chi connectivity index (χ0n) is 20.2. The fraction of sp³-hybridized carbons (Fsp3) is 0.345. The fourth-order valence-electron chi connectivity index (χ4n) is 4.66. The van der Waals surface area contributed by atoms with Crippen LogP contribution in [0.25, 0.3) is 0 Å². The number of carbonyl (C=O) groups is 1. The molecule has 1 fully saturated rings. The number of sulfone groups is 1. The van der Waals surface area contributed by atoms with Gasteiger partial charge in [0.2, 0.25) is 5.91 Å². The maximum absolute atomic E-state index is 13.6. The first-order valence-electron chi connectivity index (χ1n) is 12.4. The highest BCUT2D eigenvalue weighted by atomic mass is 32.2. The van der Waals surface area contributed by atoms with Gasteiger partial charge in [-0.15, -0.1) is 0 Å². The van der Waals surface area contributed by atoms with Crippen LogP contribution < -0.4 is 4.74 Å². The van der Waals surface area contributed by atoms with Gasteiger partial charge in [-0.2, -0.15) is 0 Å². The summed E-state index contributed by atoms with van der Waals surface area (Å²) in [7, 11) is -3.71. The first-order valence-corrected chi connectivity index (χ1v) is 14.0. The molecule has 3 aromatic carbocycles. The Morgan fingerprint density at radius 3 is 2.23 bits per heavy atom. The largest absolute Gasteiger partial charge is 0.457 e. The fourth-order valence-corrected chi connectivity index (χ4v) is 6.97. The number of benzene rings is 3. The van der Waals surface area contributed by atoms with Gasteiger partial charge in [0.15, 0.2) is 15.2 Å². The van der Waals surface area contributed by atoms with Crippen LogP contribution in [0.2, 0.25) is 0 Å². The third-order valence-corrected chi connectivity index (χ3v) is 8.83. The lowest BCUT2D eigenvalue weighted by Gasteiger charge is -2.24. The van der Waals surface area contributed by atoms with Gasteiger partial charge in [-0.3, -0.25) is 4.79 Å². The second kappa shape index (κ2) is 11.5. The van der Waals surface area contributed by atoms with Crippen molar-refractivity contribution in [1.82, 2.24) is 4.90 Å². The Bertz CT molecular complexity index is 1210. The summed E-state index contributed by atoms with van der Waals surface area (Å²) in [6.07, 6.45) is 4.46. The summed E-state index contributed by atoms with van der Waals surface area (Å²) in [4.78, 5) is 15.0. The SMILES string of the molecule is CCCCC1C(=O)N(CCCCc2ccccc2)C(c2cccc(Oc3ccccc3)c2)S1(=O)=O. The van der Waals surface area contributed by atoms with Crippen molar-refractivity contribution in [3.05, 3.63) is 96.1 Å². The van der Waals surface area contributed by atoms with Crippen molar-refractivity contribution in [2.45, 2.75) is 56.1 Å². The van der Waals surface area contributed by atoms with E-state index in [0.29, 0.717) is 36.4 Å². The van der Waals surface area contributed by atoms with E-state index in [-0.39, 0.29) is 5.91 Å². The molecule has 4 rings (SSSR count). The van der Waals surface area contributed by atoms with Gasteiger partial charge in [0.05, 0.1) is 0 Å². The molecule has 1 heterocycles. The Labute approximate surface area is 208 Å². The maximum Gasteiger partial charge on any atom is 0.242 e. The van der Waals surface area contributed by atoms with Gasteiger partial charge in [0, 0.05) is 6.54 Å². The van der Waals surface area contributed by atoms with Crippen LogP contribution in [0.4, 0.5) is 0 Å². The van der Waals surface area contributed by atoms with Crippen molar-refractivity contribution < 1.29 is 17.9 Å². The van der Waals surface area contributed by atoms with Gasteiger partial charge < -0.3 is 9.64 Å². The van der Waals surface area contributed by atoms with Crippen LogP contribution in [0.1, 0.15) is 55.5 Å². The maximum atomic E-state index is 13.6. The van der Waals surface area contributed by atoms with E-state index in [4.69, 9.17) is 4.74 Å². The molecular formula is C29H33NO4S. The van der Waals surface area contributed by atoms with Crippen molar-refractivity contribution >= 4 is 15.7 Å². The zero-order chi connectivity index (χ0) is 24.7. The van der Waals surface area contributed by atoms with Crippen LogP contribution >= 0.6 is 0 Å². The molecule has 0 aromatic heterocycles. The van der Waals surface area contributed by atoms with Gasteiger partial charge in [0.1, 0.15) is 16.7 Å². The van der Waals surface area contributed by atoms with E-state index < -0.39 is 20.5 Å². The van der Waals surface area contributed by atoms with E-state index in [1.54, 1.807) is 29.2 Å². The molecule has 2 unspecified atom stereocenters. The van der Waals surface area contributed by atoms with Crippen molar-refractivity contribution in [1.29, 1.82) is 0 Å². The molecule has 184 valence electrons. The average molecular weight is 492 g/mol. The number of hydrogen-bond donors (Lipinski definition) is 0. The molecule has 35 heavy (non-hydrogen) atoms. The third kappa shape index (κ3) is 5.93. The second-order valence-corrected chi connectivity index (χ2v) is 11.2. The summed E-state index contributed by atoms with van der Waals surface area (Å²) in [5.41, 5.74) is 1.82. The number of aryl methyl sites for hydroxylation is 1. The van der Waals surface area contributed by atoms with Gasteiger partial charge in [-0.05, 0) is 61.1 Å². The van der Waals surface area contributed by atoms with Gasteiger partial charge in [-0.1, -0.05) is 80.4 Å². The van der Waals surface area contributed by atoms with E-state index in [2.05, 4.69) is 12.1 Å². The van der Waals surface area contributed by atoms with Crippen LogP contribution in [0.5, 0.6) is 11.5 Å². The van der Waals surface area contributed by atoms with E-state index in [9.17, 15) is 13.2 Å². The Morgan fingerprint density at radius 1 is 0.829 bits per heavy atom. The van der Waals surface area contributed by atoms with Crippen molar-refractivity contribution in [2.75, 3.05) is 6.54 Å². The Morgan fingerprint density at radius 2 is 1.51 bits per heavy atom. The minimum Gasteiger partial charge on any atom is -0.457 e. The topological polar surface area (TPSA) is 63.7 Å². The molecule has 0 N–H and O–H groups in total. The normalized spacial score (nSPS) is 19.1. The van der Waals surface area contributed by atoms with Crippen LogP contribution in [-0.2, 0) is 21.1 Å². The highest BCUT2D eigenvalue weighted by Crippen LogP contribution is 2.40. The van der Waals surface area contributed by atoms with Crippen LogP contribution in [-0.4, -0.2) is 31.0 Å². The van der Waals surface area contributed by atoms with E-state index in [1.807, 2.05) is 55.5 Å². The lowest BCUT2D eigenvalue weighted by Crippen LogP contribution is -2.32. The highest BCUT2D eigenvalue weighted by molar-refractivity contribution is 7.93. The van der Waals surface area contributed by atoms with E-state index in [1.165, 1.54) is 5.56 Å². The number of amides is 1. The number of ether oxygens (including phenoxy) is 1. The van der Waals surface area contributed by atoms with Gasteiger partial charge in [-0.25, -0.2) is 8.42 Å². The minimum absolute atomic E-state index is 0.266. The summed E-state index contributed by atoms with van der Waals surface area (Å²) in [6, 6.07) is 26.7. The monoisotopic (exact) mass is 491 g/mol. The molecule has 2 atom stereocenters. The molecule has 5 nitrogen and oxygen atoms in total. The molecule has 0 aliphatic carbocycles. The van der Waals surface area contributed by atoms with Crippen molar-refractivity contribution in [3.63, 3.8) is 0 Å². The Hall–Kier alpha value is -3.12. The second-order valence-electron chi connectivity index (χ2n) is 9.03. The Kier molecular flexibility index (Phi) is 8.24. The van der Waals surface area contributed by atoms with Gasteiger partial charge >= 0.3 is 0 Å². The summed E-state index contributed by atoms with van der Waals surface area (Å²) < 4.78 is 33.2. The van der Waals surface area contributed by atoms with Crippen LogP contribution in [0.15, 0.2) is 84.9 Å². The molecule has 0 radical (unpaired) electrons. The molecule has 0 bridgehead atoms. The number of unbranched alkanes of at least 4 members (excludes halogenated alkanes) is 2. The predicted molar refractivity (Wildman–Crippen MR) is 139 cm³/mol. The molecule has 3 aromatic rings.